The Morgan fingerprint density at radius 3 is 2.55 bits per heavy atom. The molecular formula is C15H23NO4. The van der Waals surface area contributed by atoms with E-state index in [0.29, 0.717) is 11.5 Å². The Hall–Kier alpha value is -1.75. The number of hydrogen-bond acceptors (Lipinski definition) is 5. The molecule has 0 saturated heterocycles. The molecule has 0 aromatic heterocycles. The number of ether oxygens (including phenoxy) is 3. The number of methoxy groups -OCH3 is 1. The first-order valence-corrected chi connectivity index (χ1v) is 6.65. The fourth-order valence-corrected chi connectivity index (χ4v) is 1.71. The summed E-state index contributed by atoms with van der Waals surface area (Å²) in [5.74, 6) is 0.919. The lowest BCUT2D eigenvalue weighted by Gasteiger charge is -2.17. The van der Waals surface area contributed by atoms with Gasteiger partial charge in [0.05, 0.1) is 13.2 Å². The topological polar surface area (TPSA) is 56.8 Å². The van der Waals surface area contributed by atoms with Gasteiger partial charge in [0.15, 0.2) is 6.61 Å². The molecule has 112 valence electrons. The lowest BCUT2D eigenvalue weighted by Crippen LogP contribution is -2.20. The molecule has 0 fully saturated rings. The molecule has 0 amide bonds. The fraction of sp³-hybridized carbons (Fsp3) is 0.533. The molecule has 0 aliphatic carbocycles. The van der Waals surface area contributed by atoms with Gasteiger partial charge < -0.3 is 19.5 Å². The van der Waals surface area contributed by atoms with Gasteiger partial charge in [-0.3, -0.25) is 0 Å². The van der Waals surface area contributed by atoms with Crippen LogP contribution < -0.4 is 14.8 Å². The van der Waals surface area contributed by atoms with E-state index in [1.54, 1.807) is 27.0 Å². The van der Waals surface area contributed by atoms with Gasteiger partial charge in [-0.1, -0.05) is 6.07 Å². The van der Waals surface area contributed by atoms with Crippen LogP contribution in [0.15, 0.2) is 18.2 Å². The summed E-state index contributed by atoms with van der Waals surface area (Å²) in [5, 5.41) is 3.14. The molecule has 1 unspecified atom stereocenters. The molecule has 1 rings (SSSR count). The van der Waals surface area contributed by atoms with Crippen molar-refractivity contribution in [1.29, 1.82) is 0 Å². The number of hydrogen-bond donors (Lipinski definition) is 1. The van der Waals surface area contributed by atoms with E-state index in [9.17, 15) is 4.79 Å². The normalized spacial score (nSPS) is 12.1. The van der Waals surface area contributed by atoms with E-state index in [2.05, 4.69) is 5.32 Å². The number of esters is 1. The van der Waals surface area contributed by atoms with Gasteiger partial charge in [-0.2, -0.15) is 0 Å². The second-order valence-corrected chi connectivity index (χ2v) is 4.74. The van der Waals surface area contributed by atoms with Crippen LogP contribution in [0.4, 0.5) is 0 Å². The van der Waals surface area contributed by atoms with E-state index in [1.807, 2.05) is 26.1 Å². The van der Waals surface area contributed by atoms with Gasteiger partial charge in [-0.15, -0.1) is 0 Å². The third kappa shape index (κ3) is 4.74. The maximum absolute atomic E-state index is 11.5. The minimum Gasteiger partial charge on any atom is -0.497 e. The summed E-state index contributed by atoms with van der Waals surface area (Å²) in [7, 11) is 3.46. The molecular weight excluding hydrogens is 258 g/mol. The van der Waals surface area contributed by atoms with Gasteiger partial charge in [0.1, 0.15) is 11.5 Å². The summed E-state index contributed by atoms with van der Waals surface area (Å²) in [4.78, 5) is 11.5. The zero-order chi connectivity index (χ0) is 15.1. The molecule has 0 aliphatic rings. The van der Waals surface area contributed by atoms with Gasteiger partial charge in [0, 0.05) is 17.7 Å². The number of benzene rings is 1. The maximum Gasteiger partial charge on any atom is 0.344 e. The van der Waals surface area contributed by atoms with Crippen molar-refractivity contribution < 1.29 is 19.0 Å². The van der Waals surface area contributed by atoms with Crippen LogP contribution in [0.2, 0.25) is 0 Å². The number of nitrogens with one attached hydrogen (secondary N) is 1. The predicted octanol–water partition coefficient (Wildman–Crippen LogP) is 2.31. The van der Waals surface area contributed by atoms with Gasteiger partial charge in [-0.25, -0.2) is 4.79 Å². The average molecular weight is 281 g/mol. The molecule has 5 heteroatoms. The third-order valence-corrected chi connectivity index (χ3v) is 2.83. The van der Waals surface area contributed by atoms with Crippen LogP contribution in [0.5, 0.6) is 11.5 Å². The highest BCUT2D eigenvalue weighted by molar-refractivity contribution is 5.71. The summed E-state index contributed by atoms with van der Waals surface area (Å²) in [6, 6.07) is 5.66. The lowest BCUT2D eigenvalue weighted by atomic mass is 10.1. The molecule has 1 atom stereocenters. The summed E-state index contributed by atoms with van der Waals surface area (Å²) in [6.07, 6.45) is -0.146. The van der Waals surface area contributed by atoms with E-state index in [4.69, 9.17) is 14.2 Å². The molecule has 1 aromatic carbocycles. The van der Waals surface area contributed by atoms with E-state index >= 15 is 0 Å². The van der Waals surface area contributed by atoms with Crippen LogP contribution in [0.25, 0.3) is 0 Å². The van der Waals surface area contributed by atoms with Crippen LogP contribution in [0, 0.1) is 0 Å². The van der Waals surface area contributed by atoms with Gasteiger partial charge >= 0.3 is 5.97 Å². The summed E-state index contributed by atoms with van der Waals surface area (Å²) >= 11 is 0. The van der Waals surface area contributed by atoms with Crippen molar-refractivity contribution in [2.75, 3.05) is 20.8 Å². The Kier molecular flexibility index (Phi) is 6.31. The highest BCUT2D eigenvalue weighted by Gasteiger charge is 2.14. The maximum atomic E-state index is 11.5. The van der Waals surface area contributed by atoms with Gasteiger partial charge in [-0.05, 0) is 33.9 Å². The molecule has 0 heterocycles. The molecule has 0 radical (unpaired) electrons. The van der Waals surface area contributed by atoms with Crippen molar-refractivity contribution in [2.45, 2.75) is 32.9 Å². The predicted molar refractivity (Wildman–Crippen MR) is 77.2 cm³/mol. The van der Waals surface area contributed by atoms with Crippen molar-refractivity contribution in [3.63, 3.8) is 0 Å². The molecule has 0 spiro atoms. The van der Waals surface area contributed by atoms with E-state index < -0.39 is 0 Å². The van der Waals surface area contributed by atoms with E-state index in [1.165, 1.54) is 0 Å². The molecule has 0 saturated carbocycles. The van der Waals surface area contributed by atoms with Crippen molar-refractivity contribution in [1.82, 2.24) is 5.32 Å². The first kappa shape index (κ1) is 16.3. The molecule has 0 aliphatic heterocycles. The SMILES string of the molecule is CNC(C)c1ccc(OC)cc1OCC(=O)OC(C)C. The fourth-order valence-electron chi connectivity index (χ4n) is 1.71. The highest BCUT2D eigenvalue weighted by Crippen LogP contribution is 2.29. The zero-order valence-corrected chi connectivity index (χ0v) is 12.7. The second kappa shape index (κ2) is 7.75. The molecule has 1 N–H and O–H groups in total. The number of carbonyl (C=O) groups is 1. The van der Waals surface area contributed by atoms with Crippen LogP contribution in [-0.4, -0.2) is 32.8 Å². The lowest BCUT2D eigenvalue weighted by molar-refractivity contribution is -0.149. The minimum atomic E-state index is -0.383. The van der Waals surface area contributed by atoms with Gasteiger partial charge in [0.25, 0.3) is 0 Å². The minimum absolute atomic E-state index is 0.108. The standard InChI is InChI=1S/C15H23NO4/c1-10(2)20-15(17)9-19-14-8-12(18-5)6-7-13(14)11(3)16-4/h6-8,10-11,16H,9H2,1-5H3. The summed E-state index contributed by atoms with van der Waals surface area (Å²) < 4.78 is 15.8. The number of rotatable bonds is 7. The molecule has 1 aromatic rings. The van der Waals surface area contributed by atoms with Crippen LogP contribution >= 0.6 is 0 Å². The molecule has 0 bridgehead atoms. The monoisotopic (exact) mass is 281 g/mol. The van der Waals surface area contributed by atoms with E-state index in [-0.39, 0.29) is 24.7 Å². The Morgan fingerprint density at radius 1 is 1.30 bits per heavy atom. The third-order valence-electron chi connectivity index (χ3n) is 2.83. The van der Waals surface area contributed by atoms with Crippen LogP contribution in [0.3, 0.4) is 0 Å². The first-order valence-electron chi connectivity index (χ1n) is 6.65. The van der Waals surface area contributed by atoms with Gasteiger partial charge in [0.2, 0.25) is 0 Å². The highest BCUT2D eigenvalue weighted by atomic mass is 16.6. The smallest absolute Gasteiger partial charge is 0.344 e. The van der Waals surface area contributed by atoms with Crippen molar-refractivity contribution in [2.24, 2.45) is 0 Å². The quantitative estimate of drug-likeness (QED) is 0.777. The van der Waals surface area contributed by atoms with Crippen LogP contribution in [-0.2, 0) is 9.53 Å². The van der Waals surface area contributed by atoms with E-state index in [0.717, 1.165) is 5.56 Å². The largest absolute Gasteiger partial charge is 0.497 e. The number of carbonyl (C=O) groups excluding carboxylic acids is 1. The Balaban J connectivity index is 2.82. The Bertz CT molecular complexity index is 445. The van der Waals surface area contributed by atoms with Crippen molar-refractivity contribution >= 4 is 5.97 Å². The molecule has 5 nitrogen and oxygen atoms in total. The summed E-state index contributed by atoms with van der Waals surface area (Å²) in [5.41, 5.74) is 0.964. The van der Waals surface area contributed by atoms with Crippen molar-refractivity contribution in [3.8, 4) is 11.5 Å². The van der Waals surface area contributed by atoms with Crippen LogP contribution in [0.1, 0.15) is 32.4 Å². The Labute approximate surface area is 120 Å². The van der Waals surface area contributed by atoms with Crippen molar-refractivity contribution in [3.05, 3.63) is 23.8 Å². The first-order chi connectivity index (χ1) is 9.47. The average Bonchev–Trinajstić information content (AvgIpc) is 2.43. The molecule has 20 heavy (non-hydrogen) atoms. The summed E-state index contributed by atoms with van der Waals surface area (Å²) in [6.45, 7) is 5.51. The second-order valence-electron chi connectivity index (χ2n) is 4.74. The zero-order valence-electron chi connectivity index (χ0n) is 12.7. The Morgan fingerprint density at radius 2 is 2.00 bits per heavy atom.